The van der Waals surface area contributed by atoms with Gasteiger partial charge < -0.3 is 19.9 Å². The van der Waals surface area contributed by atoms with Crippen LogP contribution in [0.25, 0.3) is 0 Å². The SMILES string of the molecule is CC(C)C(C)CCC(CCC[C@@H]1OC(C)(C)N(C(=O)OC(C)(C)C)[C@H]1CC1CCCCC1)NC(=O)O. The topological polar surface area (TPSA) is 88.1 Å². The summed E-state index contributed by atoms with van der Waals surface area (Å²) in [4.78, 5) is 26.6. The number of carboxylic acid groups (broad SMARTS) is 1. The van der Waals surface area contributed by atoms with Crippen molar-refractivity contribution in [2.45, 2.75) is 156 Å². The van der Waals surface area contributed by atoms with Gasteiger partial charge in [-0.1, -0.05) is 52.9 Å². The molecule has 36 heavy (non-hydrogen) atoms. The van der Waals surface area contributed by atoms with Crippen LogP contribution in [0, 0.1) is 17.8 Å². The minimum atomic E-state index is -0.957. The summed E-state index contributed by atoms with van der Waals surface area (Å²) in [6.07, 6.45) is 10.1. The van der Waals surface area contributed by atoms with Gasteiger partial charge in [-0.25, -0.2) is 9.59 Å². The van der Waals surface area contributed by atoms with Gasteiger partial charge in [-0.2, -0.15) is 0 Å². The highest BCUT2D eigenvalue weighted by Gasteiger charge is 2.51. The van der Waals surface area contributed by atoms with Gasteiger partial charge in [0, 0.05) is 6.04 Å². The molecule has 210 valence electrons. The van der Waals surface area contributed by atoms with E-state index in [4.69, 9.17) is 9.47 Å². The molecule has 7 heteroatoms. The Balaban J connectivity index is 2.09. The normalized spacial score (nSPS) is 24.5. The van der Waals surface area contributed by atoms with E-state index in [0.717, 1.165) is 38.5 Å². The van der Waals surface area contributed by atoms with Crippen molar-refractivity contribution in [2.24, 2.45) is 17.8 Å². The summed E-state index contributed by atoms with van der Waals surface area (Å²) in [5, 5.41) is 12.1. The van der Waals surface area contributed by atoms with Crippen LogP contribution in [-0.4, -0.2) is 51.7 Å². The molecule has 1 saturated carbocycles. The standard InChI is InChI=1S/C29H54N2O5/c1-20(2)21(3)17-18-23(30-26(32)33)15-12-16-25-24(19-22-13-10-9-11-14-22)31(29(7,8)35-25)27(34)36-28(4,5)6/h20-25,30H,9-19H2,1-8H3,(H,32,33)/t21?,23?,24-,25-/m0/s1. The van der Waals surface area contributed by atoms with E-state index in [1.165, 1.54) is 32.1 Å². The van der Waals surface area contributed by atoms with Crippen molar-refractivity contribution in [3.05, 3.63) is 0 Å². The van der Waals surface area contributed by atoms with Crippen LogP contribution in [0.3, 0.4) is 0 Å². The molecule has 2 rings (SSSR count). The van der Waals surface area contributed by atoms with Gasteiger partial charge in [-0.15, -0.1) is 0 Å². The molecule has 0 aromatic heterocycles. The predicted octanol–water partition coefficient (Wildman–Crippen LogP) is 7.58. The number of nitrogens with one attached hydrogen (secondary N) is 1. The Morgan fingerprint density at radius 1 is 1.08 bits per heavy atom. The number of ether oxygens (including phenoxy) is 2. The Morgan fingerprint density at radius 2 is 1.72 bits per heavy atom. The molecule has 2 N–H and O–H groups in total. The molecular weight excluding hydrogens is 456 g/mol. The van der Waals surface area contributed by atoms with Crippen LogP contribution in [0.5, 0.6) is 0 Å². The van der Waals surface area contributed by atoms with Gasteiger partial charge in [0.05, 0.1) is 12.1 Å². The highest BCUT2D eigenvalue weighted by Crippen LogP contribution is 2.41. The fraction of sp³-hybridized carbons (Fsp3) is 0.931. The number of carbonyl (C=O) groups is 2. The summed E-state index contributed by atoms with van der Waals surface area (Å²) in [7, 11) is 0. The highest BCUT2D eigenvalue weighted by molar-refractivity contribution is 5.70. The quantitative estimate of drug-likeness (QED) is 0.299. The van der Waals surface area contributed by atoms with E-state index in [1.54, 1.807) is 0 Å². The first-order valence-electron chi connectivity index (χ1n) is 14.4. The lowest BCUT2D eigenvalue weighted by Gasteiger charge is -2.37. The number of hydrogen-bond acceptors (Lipinski definition) is 4. The smallest absolute Gasteiger partial charge is 0.412 e. The fourth-order valence-corrected chi connectivity index (χ4v) is 5.84. The molecule has 2 fully saturated rings. The first-order chi connectivity index (χ1) is 16.7. The molecule has 2 unspecified atom stereocenters. The van der Waals surface area contributed by atoms with Gasteiger partial charge in [0.2, 0.25) is 0 Å². The summed E-state index contributed by atoms with van der Waals surface area (Å²) < 4.78 is 12.3. The Hall–Kier alpha value is -1.50. The lowest BCUT2D eigenvalue weighted by atomic mass is 9.82. The van der Waals surface area contributed by atoms with Crippen molar-refractivity contribution >= 4 is 12.2 Å². The molecular formula is C29H54N2O5. The van der Waals surface area contributed by atoms with Gasteiger partial charge in [0.25, 0.3) is 0 Å². The monoisotopic (exact) mass is 510 g/mol. The van der Waals surface area contributed by atoms with Crippen molar-refractivity contribution in [2.75, 3.05) is 0 Å². The largest absolute Gasteiger partial charge is 0.465 e. The van der Waals surface area contributed by atoms with E-state index in [-0.39, 0.29) is 24.3 Å². The molecule has 0 aromatic carbocycles. The third-order valence-corrected chi connectivity index (χ3v) is 8.15. The first kappa shape index (κ1) is 30.7. The van der Waals surface area contributed by atoms with Crippen LogP contribution in [0.2, 0.25) is 0 Å². The summed E-state index contributed by atoms with van der Waals surface area (Å²) in [5.41, 5.74) is -1.30. The Kier molecular flexibility index (Phi) is 11.4. The van der Waals surface area contributed by atoms with Crippen LogP contribution in [0.15, 0.2) is 0 Å². The summed E-state index contributed by atoms with van der Waals surface area (Å²) in [6, 6.07) is -0.0818. The molecule has 1 aliphatic carbocycles. The minimum Gasteiger partial charge on any atom is -0.465 e. The Bertz CT molecular complexity index is 696. The maximum atomic E-state index is 13.3. The number of nitrogens with zero attached hydrogens (tertiary/aromatic N) is 1. The van der Waals surface area contributed by atoms with E-state index in [2.05, 4.69) is 26.1 Å². The van der Waals surface area contributed by atoms with Crippen LogP contribution < -0.4 is 5.32 Å². The third-order valence-electron chi connectivity index (χ3n) is 8.15. The summed E-state index contributed by atoms with van der Waals surface area (Å²) in [6.45, 7) is 16.3. The zero-order valence-corrected chi connectivity index (χ0v) is 24.3. The zero-order chi connectivity index (χ0) is 27.1. The van der Waals surface area contributed by atoms with E-state index >= 15 is 0 Å². The molecule has 0 aromatic rings. The molecule has 2 aliphatic rings. The molecule has 1 aliphatic heterocycles. The zero-order valence-electron chi connectivity index (χ0n) is 24.3. The van der Waals surface area contributed by atoms with E-state index in [1.807, 2.05) is 39.5 Å². The average molecular weight is 511 g/mol. The molecule has 2 amide bonds. The number of carbonyl (C=O) groups excluding carboxylic acids is 1. The lowest BCUT2D eigenvalue weighted by Crippen LogP contribution is -2.50. The van der Waals surface area contributed by atoms with Gasteiger partial charge in [0.1, 0.15) is 11.3 Å². The van der Waals surface area contributed by atoms with Crippen LogP contribution in [0.1, 0.15) is 126 Å². The van der Waals surface area contributed by atoms with Crippen molar-refractivity contribution in [3.8, 4) is 0 Å². The second kappa shape index (κ2) is 13.3. The second-order valence-corrected chi connectivity index (χ2v) is 13.1. The number of hydrogen-bond donors (Lipinski definition) is 2. The average Bonchev–Trinajstić information content (AvgIpc) is 2.99. The predicted molar refractivity (Wildman–Crippen MR) is 144 cm³/mol. The van der Waals surface area contributed by atoms with Gasteiger partial charge in [-0.05, 0) is 90.9 Å². The lowest BCUT2D eigenvalue weighted by molar-refractivity contribution is -0.0802. The van der Waals surface area contributed by atoms with Gasteiger partial charge in [-0.3, -0.25) is 4.90 Å². The number of amides is 2. The molecule has 0 spiro atoms. The maximum absolute atomic E-state index is 13.3. The van der Waals surface area contributed by atoms with Crippen LogP contribution in [0.4, 0.5) is 9.59 Å². The van der Waals surface area contributed by atoms with Crippen molar-refractivity contribution in [1.29, 1.82) is 0 Å². The van der Waals surface area contributed by atoms with E-state index in [9.17, 15) is 14.7 Å². The Morgan fingerprint density at radius 3 is 2.28 bits per heavy atom. The van der Waals surface area contributed by atoms with Crippen molar-refractivity contribution in [1.82, 2.24) is 10.2 Å². The molecule has 7 nitrogen and oxygen atoms in total. The van der Waals surface area contributed by atoms with Gasteiger partial charge in [0.15, 0.2) is 0 Å². The Labute approximate surface area is 220 Å². The van der Waals surface area contributed by atoms with Crippen molar-refractivity contribution < 1.29 is 24.2 Å². The molecule has 4 atom stereocenters. The maximum Gasteiger partial charge on any atom is 0.412 e. The minimum absolute atomic E-state index is 0.0233. The summed E-state index contributed by atoms with van der Waals surface area (Å²) in [5.74, 6) is 1.75. The molecule has 0 bridgehead atoms. The molecule has 0 radical (unpaired) electrons. The van der Waals surface area contributed by atoms with E-state index < -0.39 is 17.4 Å². The van der Waals surface area contributed by atoms with Crippen LogP contribution >= 0.6 is 0 Å². The third kappa shape index (κ3) is 9.75. The summed E-state index contributed by atoms with van der Waals surface area (Å²) >= 11 is 0. The first-order valence-corrected chi connectivity index (χ1v) is 14.4. The fourth-order valence-electron chi connectivity index (χ4n) is 5.84. The highest BCUT2D eigenvalue weighted by atomic mass is 16.6. The molecule has 1 saturated heterocycles. The van der Waals surface area contributed by atoms with Gasteiger partial charge >= 0.3 is 12.2 Å². The molecule has 1 heterocycles. The van der Waals surface area contributed by atoms with Crippen LogP contribution in [-0.2, 0) is 9.47 Å². The van der Waals surface area contributed by atoms with E-state index in [0.29, 0.717) is 17.8 Å². The second-order valence-electron chi connectivity index (χ2n) is 13.1. The van der Waals surface area contributed by atoms with Crippen molar-refractivity contribution in [3.63, 3.8) is 0 Å². The number of rotatable bonds is 11.